The van der Waals surface area contributed by atoms with Gasteiger partial charge >= 0.3 is 0 Å². The highest BCUT2D eigenvalue weighted by Gasteiger charge is 1.96. The predicted octanol–water partition coefficient (Wildman–Crippen LogP) is 3.07. The molecule has 0 N–H and O–H groups in total. The molecule has 0 amide bonds. The fourth-order valence-electron chi connectivity index (χ4n) is 0.566. The van der Waals surface area contributed by atoms with E-state index in [0.717, 1.165) is 22.2 Å². The molecule has 3 heteroatoms. The first kappa shape index (κ1) is 7.35. The fraction of sp³-hybridized carbons (Fsp3) is 0.333. The van der Waals surface area contributed by atoms with E-state index >= 15 is 0 Å². The minimum atomic E-state index is 0.792. The largest absolute Gasteiger partial charge is 0.464 e. The summed E-state index contributed by atoms with van der Waals surface area (Å²) >= 11 is 6.58. The standard InChI is InChI=1S/C6H6Br2O/c7-3-5-1-2-6(4-8)9-5/h1-2H,3-4H2. The summed E-state index contributed by atoms with van der Waals surface area (Å²) in [5.41, 5.74) is 0. The van der Waals surface area contributed by atoms with Crippen molar-refractivity contribution in [3.63, 3.8) is 0 Å². The normalized spacial score (nSPS) is 10.0. The summed E-state index contributed by atoms with van der Waals surface area (Å²) in [6.45, 7) is 0. The Hall–Kier alpha value is 0.240. The fourth-order valence-corrected chi connectivity index (χ4v) is 1.17. The highest BCUT2D eigenvalue weighted by molar-refractivity contribution is 9.08. The number of hydrogen-bond acceptors (Lipinski definition) is 1. The summed E-state index contributed by atoms with van der Waals surface area (Å²) in [7, 11) is 0. The molecule has 0 fully saturated rings. The van der Waals surface area contributed by atoms with Gasteiger partial charge in [0.25, 0.3) is 0 Å². The van der Waals surface area contributed by atoms with E-state index in [9.17, 15) is 0 Å². The molecule has 0 bridgehead atoms. The molecule has 1 aromatic rings. The quantitative estimate of drug-likeness (QED) is 0.739. The number of alkyl halides is 2. The van der Waals surface area contributed by atoms with Crippen LogP contribution < -0.4 is 0 Å². The van der Waals surface area contributed by atoms with E-state index < -0.39 is 0 Å². The molecule has 50 valence electrons. The van der Waals surface area contributed by atoms with Gasteiger partial charge in [-0.1, -0.05) is 31.9 Å². The zero-order valence-corrected chi connectivity index (χ0v) is 7.91. The van der Waals surface area contributed by atoms with E-state index in [-0.39, 0.29) is 0 Å². The summed E-state index contributed by atoms with van der Waals surface area (Å²) in [4.78, 5) is 0. The van der Waals surface area contributed by atoms with E-state index in [4.69, 9.17) is 4.42 Å². The third kappa shape index (κ3) is 1.83. The van der Waals surface area contributed by atoms with Crippen LogP contribution in [0.15, 0.2) is 16.5 Å². The van der Waals surface area contributed by atoms with Gasteiger partial charge in [0.1, 0.15) is 11.5 Å². The molecule has 0 saturated heterocycles. The number of furan rings is 1. The second-order valence-corrected chi connectivity index (χ2v) is 2.76. The Bertz CT molecular complexity index is 164. The van der Waals surface area contributed by atoms with Gasteiger partial charge in [-0.3, -0.25) is 0 Å². The van der Waals surface area contributed by atoms with Crippen LogP contribution in [-0.4, -0.2) is 0 Å². The highest BCUT2D eigenvalue weighted by atomic mass is 79.9. The van der Waals surface area contributed by atoms with Crippen LogP contribution in [0, 0.1) is 0 Å². The zero-order chi connectivity index (χ0) is 6.69. The molecule has 1 heterocycles. The van der Waals surface area contributed by atoms with Crippen molar-refractivity contribution in [1.82, 2.24) is 0 Å². The third-order valence-corrected chi connectivity index (χ3v) is 2.09. The van der Waals surface area contributed by atoms with Gasteiger partial charge in [-0.2, -0.15) is 0 Å². The summed E-state index contributed by atoms with van der Waals surface area (Å²) < 4.78 is 5.29. The number of hydrogen-bond donors (Lipinski definition) is 0. The molecule has 9 heavy (non-hydrogen) atoms. The van der Waals surface area contributed by atoms with Crippen LogP contribution in [0.25, 0.3) is 0 Å². The van der Waals surface area contributed by atoms with Crippen LogP contribution >= 0.6 is 31.9 Å². The van der Waals surface area contributed by atoms with Crippen LogP contribution in [0.1, 0.15) is 11.5 Å². The van der Waals surface area contributed by atoms with E-state index in [1.54, 1.807) is 0 Å². The summed E-state index contributed by atoms with van der Waals surface area (Å²) in [6, 6.07) is 3.93. The lowest BCUT2D eigenvalue weighted by molar-refractivity contribution is 0.500. The maximum atomic E-state index is 5.29. The minimum absolute atomic E-state index is 0.792. The van der Waals surface area contributed by atoms with Gasteiger partial charge in [0, 0.05) is 0 Å². The van der Waals surface area contributed by atoms with Gasteiger partial charge in [0.2, 0.25) is 0 Å². The molecule has 0 spiro atoms. The maximum absolute atomic E-state index is 5.29. The smallest absolute Gasteiger partial charge is 0.114 e. The van der Waals surface area contributed by atoms with E-state index in [1.165, 1.54) is 0 Å². The Balaban J connectivity index is 2.74. The average Bonchev–Trinajstić information content (AvgIpc) is 2.34. The zero-order valence-electron chi connectivity index (χ0n) is 4.73. The molecular weight excluding hydrogens is 248 g/mol. The molecule has 0 aliphatic rings. The van der Waals surface area contributed by atoms with Crippen LogP contribution in [0.3, 0.4) is 0 Å². The Labute approximate surface area is 70.7 Å². The monoisotopic (exact) mass is 252 g/mol. The van der Waals surface area contributed by atoms with Crippen molar-refractivity contribution in [2.24, 2.45) is 0 Å². The van der Waals surface area contributed by atoms with Gasteiger partial charge in [0.15, 0.2) is 0 Å². The van der Waals surface area contributed by atoms with Crippen molar-refractivity contribution in [3.05, 3.63) is 23.7 Å². The second-order valence-electron chi connectivity index (χ2n) is 1.64. The van der Waals surface area contributed by atoms with E-state index in [0.29, 0.717) is 0 Å². The molecule has 0 aliphatic heterocycles. The first-order valence-corrected chi connectivity index (χ1v) is 4.80. The lowest BCUT2D eigenvalue weighted by Crippen LogP contribution is -1.67. The average molecular weight is 254 g/mol. The SMILES string of the molecule is BrCc1ccc(CBr)o1. The van der Waals surface area contributed by atoms with Crippen LogP contribution in [0.4, 0.5) is 0 Å². The van der Waals surface area contributed by atoms with Gasteiger partial charge in [0.05, 0.1) is 10.7 Å². The lowest BCUT2D eigenvalue weighted by atomic mass is 10.5. The van der Waals surface area contributed by atoms with Gasteiger partial charge in [-0.15, -0.1) is 0 Å². The Kier molecular flexibility index (Phi) is 2.79. The molecular formula is C6H6Br2O. The van der Waals surface area contributed by atoms with Gasteiger partial charge < -0.3 is 4.42 Å². The molecule has 0 aliphatic carbocycles. The van der Waals surface area contributed by atoms with Crippen LogP contribution in [-0.2, 0) is 10.7 Å². The predicted molar refractivity (Wildman–Crippen MR) is 44.0 cm³/mol. The maximum Gasteiger partial charge on any atom is 0.114 e. The molecule has 0 saturated carbocycles. The van der Waals surface area contributed by atoms with Crippen molar-refractivity contribution >= 4 is 31.9 Å². The summed E-state index contributed by atoms with van der Waals surface area (Å²) in [5, 5.41) is 1.58. The Morgan fingerprint density at radius 1 is 1.11 bits per heavy atom. The molecule has 1 aromatic heterocycles. The number of halogens is 2. The third-order valence-electron chi connectivity index (χ3n) is 0.981. The highest BCUT2D eigenvalue weighted by Crippen LogP contribution is 2.12. The molecule has 0 unspecified atom stereocenters. The molecule has 1 rings (SSSR count). The first-order chi connectivity index (χ1) is 4.36. The molecule has 0 radical (unpaired) electrons. The van der Waals surface area contributed by atoms with Crippen molar-refractivity contribution in [3.8, 4) is 0 Å². The second kappa shape index (κ2) is 3.42. The van der Waals surface area contributed by atoms with Crippen molar-refractivity contribution in [1.29, 1.82) is 0 Å². The summed E-state index contributed by atoms with van der Waals surface area (Å²) in [5.74, 6) is 1.95. The van der Waals surface area contributed by atoms with Gasteiger partial charge in [-0.25, -0.2) is 0 Å². The molecule has 1 nitrogen and oxygen atoms in total. The molecule has 0 atom stereocenters. The van der Waals surface area contributed by atoms with E-state index in [1.807, 2.05) is 12.1 Å². The van der Waals surface area contributed by atoms with Crippen molar-refractivity contribution < 1.29 is 4.42 Å². The number of rotatable bonds is 2. The Morgan fingerprint density at radius 2 is 1.56 bits per heavy atom. The van der Waals surface area contributed by atoms with Crippen molar-refractivity contribution in [2.45, 2.75) is 10.7 Å². The topological polar surface area (TPSA) is 13.1 Å². The Morgan fingerprint density at radius 3 is 1.78 bits per heavy atom. The van der Waals surface area contributed by atoms with Gasteiger partial charge in [-0.05, 0) is 12.1 Å². The molecule has 0 aromatic carbocycles. The minimum Gasteiger partial charge on any atom is -0.464 e. The first-order valence-electron chi connectivity index (χ1n) is 2.56. The van der Waals surface area contributed by atoms with E-state index in [2.05, 4.69) is 31.9 Å². The van der Waals surface area contributed by atoms with Crippen LogP contribution in [0.5, 0.6) is 0 Å². The summed E-state index contributed by atoms with van der Waals surface area (Å²) in [6.07, 6.45) is 0. The van der Waals surface area contributed by atoms with Crippen molar-refractivity contribution in [2.75, 3.05) is 0 Å². The van der Waals surface area contributed by atoms with Crippen LogP contribution in [0.2, 0.25) is 0 Å². The lowest BCUT2D eigenvalue weighted by Gasteiger charge is -1.85.